The Kier molecular flexibility index (Phi) is 4.88. The Morgan fingerprint density at radius 1 is 0.939 bits per heavy atom. The van der Waals surface area contributed by atoms with E-state index in [4.69, 9.17) is 10.5 Å². The monoisotopic (exact) mass is 440 g/mol. The van der Waals surface area contributed by atoms with E-state index in [1.807, 2.05) is 52.2 Å². The Bertz CT molecular complexity index is 1390. The molecule has 2 N–H and O–H groups in total. The summed E-state index contributed by atoms with van der Waals surface area (Å²) in [7, 11) is 0. The van der Waals surface area contributed by atoms with Crippen LogP contribution >= 0.6 is 0 Å². The Morgan fingerprint density at radius 2 is 1.76 bits per heavy atom. The molecule has 166 valence electrons. The molecule has 0 spiro atoms. The normalized spacial score (nSPS) is 14.8. The predicted molar refractivity (Wildman–Crippen MR) is 124 cm³/mol. The van der Waals surface area contributed by atoms with Gasteiger partial charge in [0.2, 0.25) is 5.95 Å². The zero-order valence-electron chi connectivity index (χ0n) is 18.1. The summed E-state index contributed by atoms with van der Waals surface area (Å²) in [5, 5.41) is 13.6. The molecule has 9 heteroatoms. The van der Waals surface area contributed by atoms with Crippen LogP contribution in [-0.2, 0) is 11.3 Å². The van der Waals surface area contributed by atoms with Crippen molar-refractivity contribution < 1.29 is 4.74 Å². The van der Waals surface area contributed by atoms with E-state index in [-0.39, 0.29) is 5.95 Å². The number of benzene rings is 1. The highest BCUT2D eigenvalue weighted by Crippen LogP contribution is 2.29. The second kappa shape index (κ2) is 8.18. The van der Waals surface area contributed by atoms with Crippen LogP contribution in [-0.4, -0.2) is 47.4 Å². The van der Waals surface area contributed by atoms with E-state index < -0.39 is 0 Å². The van der Waals surface area contributed by atoms with Gasteiger partial charge in [0.05, 0.1) is 30.7 Å². The molecule has 5 heterocycles. The van der Waals surface area contributed by atoms with Gasteiger partial charge >= 0.3 is 0 Å². The van der Waals surface area contributed by atoms with Crippen LogP contribution in [0.4, 0.5) is 5.95 Å². The molecule has 0 amide bonds. The van der Waals surface area contributed by atoms with E-state index in [2.05, 4.69) is 44.7 Å². The third-order valence-corrected chi connectivity index (χ3v) is 6.07. The highest BCUT2D eigenvalue weighted by molar-refractivity contribution is 5.74. The van der Waals surface area contributed by atoms with Crippen molar-refractivity contribution in [2.24, 2.45) is 0 Å². The van der Waals surface area contributed by atoms with Gasteiger partial charge in [-0.3, -0.25) is 9.36 Å². The third kappa shape index (κ3) is 3.87. The average Bonchev–Trinajstić information content (AvgIpc) is 3.59. The summed E-state index contributed by atoms with van der Waals surface area (Å²) in [4.78, 5) is 4.42. The summed E-state index contributed by atoms with van der Waals surface area (Å²) >= 11 is 0. The lowest BCUT2D eigenvalue weighted by Gasteiger charge is -2.22. The summed E-state index contributed by atoms with van der Waals surface area (Å²) in [5.74, 6) is 0.241. The molecule has 4 aromatic heterocycles. The van der Waals surface area contributed by atoms with Crippen LogP contribution < -0.4 is 5.73 Å². The van der Waals surface area contributed by atoms with Gasteiger partial charge in [0.1, 0.15) is 0 Å². The van der Waals surface area contributed by atoms with Gasteiger partial charge in [-0.15, -0.1) is 5.10 Å². The Morgan fingerprint density at radius 3 is 2.61 bits per heavy atom. The van der Waals surface area contributed by atoms with Crippen LogP contribution in [0.15, 0.2) is 67.3 Å². The van der Waals surface area contributed by atoms with Crippen molar-refractivity contribution in [1.29, 1.82) is 0 Å². The molecule has 9 nitrogen and oxygen atoms in total. The molecule has 5 aromatic rings. The number of rotatable bonds is 5. The quantitative estimate of drug-likeness (QED) is 0.449. The van der Waals surface area contributed by atoms with Crippen LogP contribution in [0.1, 0.15) is 24.4 Å². The smallest absolute Gasteiger partial charge is 0.240 e. The molecule has 0 saturated carbocycles. The summed E-state index contributed by atoms with van der Waals surface area (Å²) in [6, 6.07) is 14.7. The molecule has 0 unspecified atom stereocenters. The molecular weight excluding hydrogens is 416 g/mol. The number of nitrogen functional groups attached to an aromatic ring is 1. The Labute approximate surface area is 190 Å². The first kappa shape index (κ1) is 19.7. The number of anilines is 1. The van der Waals surface area contributed by atoms with Gasteiger partial charge in [-0.1, -0.05) is 30.3 Å². The first-order valence-electron chi connectivity index (χ1n) is 11.1. The van der Waals surface area contributed by atoms with Crippen molar-refractivity contribution in [2.75, 3.05) is 18.9 Å². The molecule has 1 saturated heterocycles. The number of fused-ring (bicyclic) bond motifs is 1. The number of nitrogens with two attached hydrogens (primary N) is 1. The number of hydrogen-bond acceptors (Lipinski definition) is 6. The maximum atomic E-state index is 5.94. The van der Waals surface area contributed by atoms with E-state index in [1.165, 1.54) is 5.56 Å². The zero-order valence-corrected chi connectivity index (χ0v) is 18.1. The van der Waals surface area contributed by atoms with E-state index in [1.54, 1.807) is 4.52 Å². The highest BCUT2D eigenvalue weighted by Gasteiger charge is 2.19. The average molecular weight is 441 g/mol. The highest BCUT2D eigenvalue weighted by atomic mass is 16.5. The summed E-state index contributed by atoms with van der Waals surface area (Å²) in [6.45, 7) is 2.25. The predicted octanol–water partition coefficient (Wildman–Crippen LogP) is 3.44. The molecule has 0 bridgehead atoms. The fourth-order valence-corrected chi connectivity index (χ4v) is 4.36. The van der Waals surface area contributed by atoms with E-state index in [0.29, 0.717) is 18.2 Å². The van der Waals surface area contributed by atoms with E-state index in [0.717, 1.165) is 48.4 Å². The largest absolute Gasteiger partial charge is 0.381 e. The van der Waals surface area contributed by atoms with Crippen molar-refractivity contribution in [3.63, 3.8) is 0 Å². The van der Waals surface area contributed by atoms with Gasteiger partial charge < -0.3 is 10.5 Å². The fourth-order valence-electron chi connectivity index (χ4n) is 4.36. The van der Waals surface area contributed by atoms with Crippen LogP contribution in [0.3, 0.4) is 0 Å². The maximum Gasteiger partial charge on any atom is 0.240 e. The topological polar surface area (TPSA) is 101 Å². The minimum Gasteiger partial charge on any atom is -0.381 e. The lowest BCUT2D eigenvalue weighted by molar-refractivity contribution is 0.0662. The second-order valence-electron chi connectivity index (χ2n) is 8.33. The van der Waals surface area contributed by atoms with Crippen molar-refractivity contribution in [3.05, 3.63) is 72.8 Å². The SMILES string of the molecule is Nc1nc2cc(-c3cnn(Cc4ccccc4)c3)cc(-c3cnn(C4CCOCC4)c3)n2n1. The maximum absolute atomic E-state index is 5.94. The molecule has 0 radical (unpaired) electrons. The molecule has 1 aliphatic heterocycles. The lowest BCUT2D eigenvalue weighted by atomic mass is 10.1. The zero-order chi connectivity index (χ0) is 22.2. The number of pyridine rings is 1. The van der Waals surface area contributed by atoms with Crippen LogP contribution in [0.25, 0.3) is 28.0 Å². The van der Waals surface area contributed by atoms with Crippen LogP contribution in [0, 0.1) is 0 Å². The molecule has 0 aliphatic carbocycles. The second-order valence-corrected chi connectivity index (χ2v) is 8.33. The van der Waals surface area contributed by atoms with Gasteiger partial charge in [0.25, 0.3) is 0 Å². The molecule has 1 aliphatic rings. The Hall–Kier alpha value is -3.98. The number of nitrogens with zero attached hydrogens (tertiary/aromatic N) is 7. The minimum absolute atomic E-state index is 0.241. The number of ether oxygens (including phenoxy) is 1. The number of aromatic nitrogens is 7. The standard InChI is InChI=1S/C24H24N8O/c25-24-28-23-11-18(19-12-26-30(15-19)14-17-4-2-1-3-5-17)10-22(32(23)29-24)20-13-27-31(16-20)21-6-8-33-9-7-21/h1-5,10-13,15-16,21H,6-9,14H2,(H2,25,29). The van der Waals surface area contributed by atoms with Crippen molar-refractivity contribution in [2.45, 2.75) is 25.4 Å². The van der Waals surface area contributed by atoms with Crippen molar-refractivity contribution >= 4 is 11.6 Å². The van der Waals surface area contributed by atoms with Gasteiger partial charge in [-0.05, 0) is 36.1 Å². The van der Waals surface area contributed by atoms with Gasteiger partial charge in [0, 0.05) is 36.7 Å². The first-order valence-corrected chi connectivity index (χ1v) is 11.1. The molecule has 6 rings (SSSR count). The molecule has 1 fully saturated rings. The number of hydrogen-bond donors (Lipinski definition) is 1. The molecule has 33 heavy (non-hydrogen) atoms. The first-order chi connectivity index (χ1) is 16.2. The summed E-state index contributed by atoms with van der Waals surface area (Å²) in [5.41, 5.74) is 11.7. The lowest BCUT2D eigenvalue weighted by Crippen LogP contribution is -2.19. The minimum atomic E-state index is 0.241. The van der Waals surface area contributed by atoms with Crippen molar-refractivity contribution in [1.82, 2.24) is 34.2 Å². The van der Waals surface area contributed by atoms with Crippen LogP contribution in [0.2, 0.25) is 0 Å². The van der Waals surface area contributed by atoms with Gasteiger partial charge in [-0.25, -0.2) is 4.52 Å². The van der Waals surface area contributed by atoms with E-state index in [9.17, 15) is 0 Å². The van der Waals surface area contributed by atoms with Gasteiger partial charge in [0.15, 0.2) is 5.65 Å². The Balaban J connectivity index is 1.37. The summed E-state index contributed by atoms with van der Waals surface area (Å²) in [6.07, 6.45) is 9.81. The van der Waals surface area contributed by atoms with Crippen LogP contribution in [0.5, 0.6) is 0 Å². The molecule has 1 aromatic carbocycles. The van der Waals surface area contributed by atoms with Gasteiger partial charge in [-0.2, -0.15) is 15.2 Å². The molecule has 0 atom stereocenters. The molecular formula is C24H24N8O. The van der Waals surface area contributed by atoms with E-state index >= 15 is 0 Å². The fraction of sp³-hybridized carbons (Fsp3) is 0.250. The summed E-state index contributed by atoms with van der Waals surface area (Å²) < 4.78 is 11.2. The third-order valence-electron chi connectivity index (χ3n) is 6.07. The van der Waals surface area contributed by atoms with Crippen molar-refractivity contribution in [3.8, 4) is 22.4 Å².